The van der Waals surface area contributed by atoms with E-state index in [1.807, 2.05) is 0 Å². The first-order chi connectivity index (χ1) is 8.59. The quantitative estimate of drug-likeness (QED) is 0.853. The van der Waals surface area contributed by atoms with Crippen molar-refractivity contribution >= 4 is 45.3 Å². The zero-order valence-electron chi connectivity index (χ0n) is 8.75. The van der Waals surface area contributed by atoms with E-state index in [0.29, 0.717) is 20.3 Å². The third-order valence-electron chi connectivity index (χ3n) is 1.93. The van der Waals surface area contributed by atoms with Crippen LogP contribution in [0.1, 0.15) is 0 Å². The van der Waals surface area contributed by atoms with Gasteiger partial charge in [-0.3, -0.25) is 4.79 Å². The van der Waals surface area contributed by atoms with E-state index in [2.05, 4.69) is 31.5 Å². The van der Waals surface area contributed by atoms with Gasteiger partial charge in [-0.25, -0.2) is 0 Å². The fourth-order valence-corrected chi connectivity index (χ4v) is 2.41. The van der Waals surface area contributed by atoms with Gasteiger partial charge in [0.15, 0.2) is 0 Å². The van der Waals surface area contributed by atoms with Crippen molar-refractivity contribution in [3.63, 3.8) is 0 Å². The molecule has 2 aromatic rings. The molecule has 1 heterocycles. The number of tetrazole rings is 1. The molecule has 1 aromatic heterocycles. The molecule has 0 unspecified atom stereocenters. The first-order valence-electron chi connectivity index (χ1n) is 4.67. The van der Waals surface area contributed by atoms with Crippen molar-refractivity contribution in [3.05, 3.63) is 27.7 Å². The minimum absolute atomic E-state index is 0.113. The fraction of sp³-hybridized carbons (Fsp3) is 0.111. The minimum Gasteiger partial charge on any atom is -0.481 e. The van der Waals surface area contributed by atoms with Crippen LogP contribution < -0.4 is 0 Å². The SMILES string of the molecule is O=C(O)CSc1nnnn1-c1cccc(Cl)c1Br. The van der Waals surface area contributed by atoms with Crippen LogP contribution >= 0.6 is 39.3 Å². The Hall–Kier alpha value is -1.12. The number of hydrogen-bond acceptors (Lipinski definition) is 5. The summed E-state index contributed by atoms with van der Waals surface area (Å²) in [6.07, 6.45) is 0. The van der Waals surface area contributed by atoms with Crippen LogP contribution in [0.15, 0.2) is 27.8 Å². The molecule has 0 spiro atoms. The predicted molar refractivity (Wildman–Crippen MR) is 70.2 cm³/mol. The first kappa shape index (κ1) is 13.3. The van der Waals surface area contributed by atoms with Gasteiger partial charge >= 0.3 is 5.97 Å². The van der Waals surface area contributed by atoms with Crippen molar-refractivity contribution in [2.75, 3.05) is 5.75 Å². The van der Waals surface area contributed by atoms with Gasteiger partial charge in [-0.05, 0) is 38.5 Å². The molecule has 0 saturated heterocycles. The molecule has 0 bridgehead atoms. The van der Waals surface area contributed by atoms with E-state index in [1.54, 1.807) is 18.2 Å². The number of nitrogens with zero attached hydrogens (tertiary/aromatic N) is 4. The summed E-state index contributed by atoms with van der Waals surface area (Å²) in [4.78, 5) is 10.5. The van der Waals surface area contributed by atoms with Crippen molar-refractivity contribution < 1.29 is 9.90 Å². The van der Waals surface area contributed by atoms with Gasteiger partial charge in [0, 0.05) is 0 Å². The molecular weight excluding hydrogens is 344 g/mol. The number of carboxylic acid groups (broad SMARTS) is 1. The summed E-state index contributed by atoms with van der Waals surface area (Å²) < 4.78 is 2.08. The molecule has 1 N–H and O–H groups in total. The van der Waals surface area contributed by atoms with Crippen LogP contribution in [-0.2, 0) is 4.79 Å². The molecule has 0 saturated carbocycles. The summed E-state index contributed by atoms with van der Waals surface area (Å²) in [5, 5.41) is 20.7. The molecule has 0 aliphatic carbocycles. The smallest absolute Gasteiger partial charge is 0.313 e. The topological polar surface area (TPSA) is 80.9 Å². The lowest BCUT2D eigenvalue weighted by atomic mass is 10.3. The van der Waals surface area contributed by atoms with Gasteiger partial charge in [0.05, 0.1) is 20.9 Å². The monoisotopic (exact) mass is 348 g/mol. The van der Waals surface area contributed by atoms with Crippen molar-refractivity contribution in [1.82, 2.24) is 20.2 Å². The lowest BCUT2D eigenvalue weighted by Crippen LogP contribution is -2.03. The number of aromatic nitrogens is 4. The molecule has 0 aliphatic rings. The highest BCUT2D eigenvalue weighted by molar-refractivity contribution is 9.10. The highest BCUT2D eigenvalue weighted by Gasteiger charge is 2.14. The van der Waals surface area contributed by atoms with Crippen molar-refractivity contribution in [3.8, 4) is 5.69 Å². The molecule has 0 amide bonds. The van der Waals surface area contributed by atoms with Crippen molar-refractivity contribution in [2.24, 2.45) is 0 Å². The lowest BCUT2D eigenvalue weighted by Gasteiger charge is -2.06. The van der Waals surface area contributed by atoms with E-state index in [0.717, 1.165) is 11.8 Å². The third-order valence-corrected chi connectivity index (χ3v) is 4.21. The zero-order chi connectivity index (χ0) is 13.1. The van der Waals surface area contributed by atoms with Gasteiger partial charge in [-0.15, -0.1) is 5.10 Å². The third kappa shape index (κ3) is 2.82. The Labute approximate surface area is 119 Å². The van der Waals surface area contributed by atoms with Crippen LogP contribution in [0.3, 0.4) is 0 Å². The second kappa shape index (κ2) is 5.68. The van der Waals surface area contributed by atoms with E-state index in [9.17, 15) is 4.79 Å². The van der Waals surface area contributed by atoms with E-state index < -0.39 is 5.97 Å². The van der Waals surface area contributed by atoms with Crippen molar-refractivity contribution in [2.45, 2.75) is 5.16 Å². The fourth-order valence-electron chi connectivity index (χ4n) is 1.20. The minimum atomic E-state index is -0.931. The predicted octanol–water partition coefficient (Wildman–Crippen LogP) is 2.25. The Morgan fingerprint density at radius 3 is 3.06 bits per heavy atom. The van der Waals surface area contributed by atoms with Crippen LogP contribution in [0.4, 0.5) is 0 Å². The number of carbonyl (C=O) groups is 1. The van der Waals surface area contributed by atoms with Crippen molar-refractivity contribution in [1.29, 1.82) is 0 Å². The maximum absolute atomic E-state index is 10.5. The number of rotatable bonds is 4. The van der Waals surface area contributed by atoms with Gasteiger partial charge < -0.3 is 5.11 Å². The molecule has 94 valence electrons. The average Bonchev–Trinajstić information content (AvgIpc) is 2.78. The number of carboxylic acids is 1. The van der Waals surface area contributed by atoms with Gasteiger partial charge in [-0.1, -0.05) is 29.4 Å². The largest absolute Gasteiger partial charge is 0.481 e. The van der Waals surface area contributed by atoms with E-state index in [1.165, 1.54) is 4.68 Å². The van der Waals surface area contributed by atoms with Crippen LogP contribution in [0.25, 0.3) is 5.69 Å². The van der Waals surface area contributed by atoms with Gasteiger partial charge in [0.2, 0.25) is 5.16 Å². The molecule has 0 aliphatic heterocycles. The van der Waals surface area contributed by atoms with Crippen LogP contribution in [0, 0.1) is 0 Å². The van der Waals surface area contributed by atoms with Crippen LogP contribution in [0.5, 0.6) is 0 Å². The van der Waals surface area contributed by atoms with E-state index in [4.69, 9.17) is 16.7 Å². The Morgan fingerprint density at radius 2 is 2.33 bits per heavy atom. The summed E-state index contributed by atoms with van der Waals surface area (Å²) in [7, 11) is 0. The molecular formula is C9H6BrClN4O2S. The van der Waals surface area contributed by atoms with Crippen LogP contribution in [-0.4, -0.2) is 37.0 Å². The average molecular weight is 350 g/mol. The second-order valence-electron chi connectivity index (χ2n) is 3.13. The first-order valence-corrected chi connectivity index (χ1v) is 6.82. The Kier molecular flexibility index (Phi) is 4.20. The number of thioether (sulfide) groups is 1. The molecule has 9 heteroatoms. The summed E-state index contributed by atoms with van der Waals surface area (Å²) in [6.45, 7) is 0. The standard InChI is InChI=1S/C9H6BrClN4O2S/c10-8-5(11)2-1-3-6(8)15-9(12-13-14-15)18-4-7(16)17/h1-3H,4H2,(H,16,17). The summed E-state index contributed by atoms with van der Waals surface area (Å²) >= 11 is 10.4. The maximum atomic E-state index is 10.5. The lowest BCUT2D eigenvalue weighted by molar-refractivity contribution is -0.133. The molecule has 0 radical (unpaired) electrons. The Balaban J connectivity index is 2.36. The normalized spacial score (nSPS) is 10.6. The zero-order valence-corrected chi connectivity index (χ0v) is 11.9. The Bertz CT molecular complexity index is 592. The highest BCUT2D eigenvalue weighted by Crippen LogP contribution is 2.30. The summed E-state index contributed by atoms with van der Waals surface area (Å²) in [5.41, 5.74) is 0.653. The van der Waals surface area contributed by atoms with E-state index >= 15 is 0 Å². The number of hydrogen-bond donors (Lipinski definition) is 1. The molecule has 0 atom stereocenters. The van der Waals surface area contributed by atoms with Gasteiger partial charge in [-0.2, -0.15) is 4.68 Å². The number of halogens is 2. The van der Waals surface area contributed by atoms with E-state index in [-0.39, 0.29) is 5.75 Å². The number of benzene rings is 1. The second-order valence-corrected chi connectivity index (χ2v) is 5.27. The van der Waals surface area contributed by atoms with Crippen LogP contribution in [0.2, 0.25) is 5.02 Å². The summed E-state index contributed by atoms with van der Waals surface area (Å²) in [5.74, 6) is -1.04. The van der Waals surface area contributed by atoms with Gasteiger partial charge in [0.1, 0.15) is 0 Å². The van der Waals surface area contributed by atoms with Gasteiger partial charge in [0.25, 0.3) is 0 Å². The highest BCUT2D eigenvalue weighted by atomic mass is 79.9. The molecule has 2 rings (SSSR count). The summed E-state index contributed by atoms with van der Waals surface area (Å²) in [6, 6.07) is 5.26. The Morgan fingerprint density at radius 1 is 1.56 bits per heavy atom. The maximum Gasteiger partial charge on any atom is 0.313 e. The molecule has 18 heavy (non-hydrogen) atoms. The molecule has 0 fully saturated rings. The molecule has 6 nitrogen and oxygen atoms in total. The number of aliphatic carboxylic acids is 1. The molecule has 1 aromatic carbocycles.